The van der Waals surface area contributed by atoms with Gasteiger partial charge in [-0.25, -0.2) is 0 Å². The molecule has 0 heterocycles. The van der Waals surface area contributed by atoms with Gasteiger partial charge in [-0.2, -0.15) is 0 Å². The van der Waals surface area contributed by atoms with Crippen molar-refractivity contribution in [1.82, 2.24) is 5.32 Å². The highest BCUT2D eigenvalue weighted by Gasteiger charge is 2.11. The highest BCUT2D eigenvalue weighted by molar-refractivity contribution is 7.80. The maximum absolute atomic E-state index is 6.12. The van der Waals surface area contributed by atoms with Crippen molar-refractivity contribution in [1.29, 1.82) is 0 Å². The molecule has 4 heteroatoms. The predicted octanol–water partition coefficient (Wildman–Crippen LogP) is 5.09. The van der Waals surface area contributed by atoms with Crippen molar-refractivity contribution in [3.05, 3.63) is 64.7 Å². The SMILES string of the molecule is CC[C@H](NC(=S)Nc1ccccc1Cl)c1ccc(C)cc1. The summed E-state index contributed by atoms with van der Waals surface area (Å²) in [5, 5.41) is 7.72. The van der Waals surface area contributed by atoms with E-state index in [9.17, 15) is 0 Å². The molecule has 21 heavy (non-hydrogen) atoms. The number of anilines is 1. The molecular formula is C17H19ClN2S. The summed E-state index contributed by atoms with van der Waals surface area (Å²) < 4.78 is 0. The zero-order valence-electron chi connectivity index (χ0n) is 12.2. The standard InChI is InChI=1S/C17H19ClN2S/c1-3-15(13-10-8-12(2)9-11-13)19-17(21)20-16-7-5-4-6-14(16)18/h4-11,15H,3H2,1-2H3,(H2,19,20,21)/t15-/m0/s1. The third-order valence-electron chi connectivity index (χ3n) is 3.32. The molecule has 0 spiro atoms. The first-order valence-electron chi connectivity index (χ1n) is 6.98. The summed E-state index contributed by atoms with van der Waals surface area (Å²) >= 11 is 11.5. The zero-order valence-corrected chi connectivity index (χ0v) is 13.8. The Hall–Kier alpha value is -1.58. The maximum atomic E-state index is 6.12. The van der Waals surface area contributed by atoms with Crippen LogP contribution in [0.15, 0.2) is 48.5 Å². The summed E-state index contributed by atoms with van der Waals surface area (Å²) in [5.41, 5.74) is 3.30. The number of rotatable bonds is 4. The van der Waals surface area contributed by atoms with Crippen molar-refractivity contribution in [2.75, 3.05) is 5.32 Å². The minimum Gasteiger partial charge on any atom is -0.356 e. The van der Waals surface area contributed by atoms with Gasteiger partial charge in [0, 0.05) is 0 Å². The Kier molecular flexibility index (Phi) is 5.59. The third-order valence-corrected chi connectivity index (χ3v) is 3.86. The molecule has 1 atom stereocenters. The average molecular weight is 319 g/mol. The van der Waals surface area contributed by atoms with E-state index in [0.717, 1.165) is 12.1 Å². The van der Waals surface area contributed by atoms with Crippen molar-refractivity contribution in [2.24, 2.45) is 0 Å². The molecule has 2 nitrogen and oxygen atoms in total. The molecular weight excluding hydrogens is 300 g/mol. The van der Waals surface area contributed by atoms with Gasteiger partial charge in [0.2, 0.25) is 0 Å². The van der Waals surface area contributed by atoms with Gasteiger partial charge in [0.05, 0.1) is 16.8 Å². The van der Waals surface area contributed by atoms with E-state index >= 15 is 0 Å². The van der Waals surface area contributed by atoms with E-state index in [0.29, 0.717) is 10.1 Å². The Bertz CT molecular complexity index is 610. The van der Waals surface area contributed by atoms with Gasteiger partial charge in [0.1, 0.15) is 0 Å². The average Bonchev–Trinajstić information content (AvgIpc) is 2.48. The van der Waals surface area contributed by atoms with E-state index in [1.165, 1.54) is 11.1 Å². The highest BCUT2D eigenvalue weighted by Crippen LogP contribution is 2.21. The molecule has 0 fully saturated rings. The second-order valence-corrected chi connectivity index (χ2v) is 5.77. The first kappa shape index (κ1) is 15.8. The fraction of sp³-hybridized carbons (Fsp3) is 0.235. The van der Waals surface area contributed by atoms with Crippen LogP contribution < -0.4 is 10.6 Å². The van der Waals surface area contributed by atoms with Gasteiger partial charge in [0.25, 0.3) is 0 Å². The quantitative estimate of drug-likeness (QED) is 0.768. The fourth-order valence-electron chi connectivity index (χ4n) is 2.10. The van der Waals surface area contributed by atoms with Crippen LogP contribution in [0, 0.1) is 6.92 Å². The lowest BCUT2D eigenvalue weighted by Gasteiger charge is -2.20. The van der Waals surface area contributed by atoms with Crippen molar-refractivity contribution < 1.29 is 0 Å². The van der Waals surface area contributed by atoms with Crippen LogP contribution in [0.2, 0.25) is 5.02 Å². The molecule has 0 aliphatic heterocycles. The van der Waals surface area contributed by atoms with Crippen LogP contribution in [0.25, 0.3) is 0 Å². The Balaban J connectivity index is 2.03. The van der Waals surface area contributed by atoms with Gasteiger partial charge in [0.15, 0.2) is 5.11 Å². The number of nitrogens with one attached hydrogen (secondary N) is 2. The van der Waals surface area contributed by atoms with Crippen LogP contribution in [0.3, 0.4) is 0 Å². The molecule has 2 rings (SSSR count). The topological polar surface area (TPSA) is 24.1 Å². The van der Waals surface area contributed by atoms with Crippen LogP contribution >= 0.6 is 23.8 Å². The second kappa shape index (κ2) is 7.43. The fourth-order valence-corrected chi connectivity index (χ4v) is 2.53. The van der Waals surface area contributed by atoms with Crippen LogP contribution in [0.4, 0.5) is 5.69 Å². The number of benzene rings is 2. The lowest BCUT2D eigenvalue weighted by Crippen LogP contribution is -2.32. The molecule has 0 aliphatic carbocycles. The summed E-state index contributed by atoms with van der Waals surface area (Å²) in [5.74, 6) is 0. The monoisotopic (exact) mass is 318 g/mol. The summed E-state index contributed by atoms with van der Waals surface area (Å²) in [6.45, 7) is 4.22. The first-order valence-corrected chi connectivity index (χ1v) is 7.77. The maximum Gasteiger partial charge on any atom is 0.171 e. The molecule has 0 saturated carbocycles. The minimum atomic E-state index is 0.188. The van der Waals surface area contributed by atoms with Gasteiger partial charge < -0.3 is 10.6 Å². The van der Waals surface area contributed by atoms with Gasteiger partial charge >= 0.3 is 0 Å². The minimum absolute atomic E-state index is 0.188. The van der Waals surface area contributed by atoms with Crippen LogP contribution in [0.1, 0.15) is 30.5 Å². The van der Waals surface area contributed by atoms with Crippen molar-refractivity contribution in [3.8, 4) is 0 Å². The molecule has 0 bridgehead atoms. The normalized spacial score (nSPS) is 11.8. The molecule has 110 valence electrons. The number of hydrogen-bond acceptors (Lipinski definition) is 1. The summed E-state index contributed by atoms with van der Waals surface area (Å²) in [6.07, 6.45) is 0.952. The number of aryl methyl sites for hydroxylation is 1. The van der Waals surface area contributed by atoms with E-state index in [2.05, 4.69) is 48.7 Å². The van der Waals surface area contributed by atoms with E-state index in [1.807, 2.05) is 24.3 Å². The molecule has 0 saturated heterocycles. The Morgan fingerprint density at radius 2 is 1.81 bits per heavy atom. The van der Waals surface area contributed by atoms with E-state index in [4.69, 9.17) is 23.8 Å². The van der Waals surface area contributed by atoms with Gasteiger partial charge in [-0.15, -0.1) is 0 Å². The molecule has 0 amide bonds. The van der Waals surface area contributed by atoms with E-state index < -0.39 is 0 Å². The highest BCUT2D eigenvalue weighted by atomic mass is 35.5. The smallest absolute Gasteiger partial charge is 0.171 e. The third kappa shape index (κ3) is 4.45. The number of para-hydroxylation sites is 1. The van der Waals surface area contributed by atoms with Gasteiger partial charge in [-0.1, -0.05) is 60.5 Å². The van der Waals surface area contributed by atoms with Gasteiger partial charge in [-0.3, -0.25) is 0 Å². The van der Waals surface area contributed by atoms with Gasteiger partial charge in [-0.05, 0) is 43.3 Å². The van der Waals surface area contributed by atoms with Crippen LogP contribution in [-0.4, -0.2) is 5.11 Å². The first-order chi connectivity index (χ1) is 10.1. The zero-order chi connectivity index (χ0) is 15.2. The molecule has 2 N–H and O–H groups in total. The predicted molar refractivity (Wildman–Crippen MR) is 95.0 cm³/mol. The largest absolute Gasteiger partial charge is 0.356 e. The Labute approximate surface area is 136 Å². The lowest BCUT2D eigenvalue weighted by atomic mass is 10.0. The van der Waals surface area contributed by atoms with Crippen molar-refractivity contribution in [3.63, 3.8) is 0 Å². The molecule has 0 aliphatic rings. The van der Waals surface area contributed by atoms with Crippen LogP contribution in [-0.2, 0) is 0 Å². The van der Waals surface area contributed by atoms with Crippen molar-refractivity contribution >= 4 is 34.6 Å². The number of hydrogen-bond donors (Lipinski definition) is 2. The van der Waals surface area contributed by atoms with E-state index in [1.54, 1.807) is 0 Å². The summed E-state index contributed by atoms with van der Waals surface area (Å²) in [6, 6.07) is 16.2. The number of thiocarbonyl (C=S) groups is 1. The summed E-state index contributed by atoms with van der Waals surface area (Å²) in [7, 11) is 0. The molecule has 0 unspecified atom stereocenters. The van der Waals surface area contributed by atoms with Crippen LogP contribution in [0.5, 0.6) is 0 Å². The summed E-state index contributed by atoms with van der Waals surface area (Å²) in [4.78, 5) is 0. The molecule has 2 aromatic carbocycles. The Morgan fingerprint density at radius 3 is 2.43 bits per heavy atom. The van der Waals surface area contributed by atoms with Crippen molar-refractivity contribution in [2.45, 2.75) is 26.3 Å². The lowest BCUT2D eigenvalue weighted by molar-refractivity contribution is 0.629. The number of halogens is 1. The molecule has 0 aromatic heterocycles. The Morgan fingerprint density at radius 1 is 1.14 bits per heavy atom. The second-order valence-electron chi connectivity index (χ2n) is 4.95. The molecule has 2 aromatic rings. The molecule has 0 radical (unpaired) electrons. The van der Waals surface area contributed by atoms with E-state index in [-0.39, 0.29) is 6.04 Å².